The van der Waals surface area contributed by atoms with E-state index in [1.165, 1.54) is 12.4 Å². The summed E-state index contributed by atoms with van der Waals surface area (Å²) in [6.45, 7) is 12.9. The van der Waals surface area contributed by atoms with Crippen molar-refractivity contribution in [2.24, 2.45) is 11.8 Å². The normalized spacial score (nSPS) is 18.2. The Hall–Kier alpha value is -3.90. The first-order chi connectivity index (χ1) is 22.0. The quantitative estimate of drug-likeness (QED) is 0.305. The number of hydrogen-bond donors (Lipinski definition) is 2. The van der Waals surface area contributed by atoms with Gasteiger partial charge in [-0.15, -0.1) is 0 Å². The molecule has 0 radical (unpaired) electrons. The number of esters is 1. The van der Waals surface area contributed by atoms with Gasteiger partial charge >= 0.3 is 18.0 Å². The number of amides is 3. The SMILES string of the molecule is CC(C)(C)OC(=O)C[C@H](NC(=O)[C@@H]1CCCN(C(=O)CCC2CCN(C(=O)OC(C)(C)C)CC2)C1)c1cncc(OCCC(=O)O)c1. The molecule has 2 aliphatic heterocycles. The van der Waals surface area contributed by atoms with Crippen molar-refractivity contribution in [2.45, 2.75) is 110 Å². The van der Waals surface area contributed by atoms with E-state index in [4.69, 9.17) is 19.3 Å². The van der Waals surface area contributed by atoms with Crippen molar-refractivity contribution in [2.75, 3.05) is 32.8 Å². The Kier molecular flexibility index (Phi) is 13.4. The zero-order valence-electron chi connectivity index (χ0n) is 28.7. The number of carbonyl (C=O) groups is 5. The molecule has 13 heteroatoms. The summed E-state index contributed by atoms with van der Waals surface area (Å²) in [6, 6.07) is 0.851. The highest BCUT2D eigenvalue weighted by Gasteiger charge is 2.32. The maximum atomic E-state index is 13.6. The zero-order valence-corrected chi connectivity index (χ0v) is 28.7. The molecule has 47 heavy (non-hydrogen) atoms. The lowest BCUT2D eigenvalue weighted by Crippen LogP contribution is -2.46. The third kappa shape index (κ3) is 13.4. The summed E-state index contributed by atoms with van der Waals surface area (Å²) in [5.41, 5.74) is -0.742. The second-order valence-corrected chi connectivity index (χ2v) is 14.4. The number of carboxylic acids is 1. The minimum atomic E-state index is -0.996. The molecule has 0 bridgehead atoms. The monoisotopic (exact) mass is 660 g/mol. The predicted octanol–water partition coefficient (Wildman–Crippen LogP) is 4.49. The molecule has 262 valence electrons. The maximum absolute atomic E-state index is 13.6. The van der Waals surface area contributed by atoms with Gasteiger partial charge in [0.25, 0.3) is 0 Å². The van der Waals surface area contributed by atoms with Gasteiger partial charge in [-0.2, -0.15) is 0 Å². The van der Waals surface area contributed by atoms with Gasteiger partial charge in [-0.3, -0.25) is 24.2 Å². The van der Waals surface area contributed by atoms with Gasteiger partial charge in [0, 0.05) is 38.8 Å². The Bertz CT molecular complexity index is 1250. The molecule has 0 unspecified atom stereocenters. The van der Waals surface area contributed by atoms with Gasteiger partial charge in [0.1, 0.15) is 17.0 Å². The Labute approximate surface area is 277 Å². The van der Waals surface area contributed by atoms with Crippen molar-refractivity contribution in [3.8, 4) is 5.75 Å². The number of likely N-dealkylation sites (tertiary alicyclic amines) is 2. The fraction of sp³-hybridized carbons (Fsp3) is 0.706. The lowest BCUT2D eigenvalue weighted by molar-refractivity contribution is -0.155. The topological polar surface area (TPSA) is 165 Å². The fourth-order valence-electron chi connectivity index (χ4n) is 5.69. The molecule has 0 saturated carbocycles. The summed E-state index contributed by atoms with van der Waals surface area (Å²) >= 11 is 0. The van der Waals surface area contributed by atoms with Crippen LogP contribution in [0.15, 0.2) is 18.5 Å². The van der Waals surface area contributed by atoms with Crippen LogP contribution in [0.25, 0.3) is 0 Å². The van der Waals surface area contributed by atoms with Crippen LogP contribution >= 0.6 is 0 Å². The predicted molar refractivity (Wildman–Crippen MR) is 172 cm³/mol. The van der Waals surface area contributed by atoms with Crippen LogP contribution in [0, 0.1) is 11.8 Å². The zero-order chi connectivity index (χ0) is 34.8. The first-order valence-electron chi connectivity index (χ1n) is 16.6. The highest BCUT2D eigenvalue weighted by Crippen LogP contribution is 2.27. The Morgan fingerprint density at radius 2 is 1.62 bits per heavy atom. The van der Waals surface area contributed by atoms with Crippen molar-refractivity contribution in [1.29, 1.82) is 0 Å². The number of hydrogen-bond acceptors (Lipinski definition) is 9. The van der Waals surface area contributed by atoms with E-state index in [-0.39, 0.29) is 43.9 Å². The lowest BCUT2D eigenvalue weighted by atomic mass is 9.91. The number of ether oxygens (including phenoxy) is 3. The van der Waals surface area contributed by atoms with E-state index < -0.39 is 35.1 Å². The molecule has 3 amide bonds. The average molecular weight is 661 g/mol. The largest absolute Gasteiger partial charge is 0.491 e. The van der Waals surface area contributed by atoms with Crippen molar-refractivity contribution in [3.05, 3.63) is 24.0 Å². The van der Waals surface area contributed by atoms with Crippen LogP contribution in [0.1, 0.15) is 105 Å². The molecule has 2 atom stereocenters. The molecule has 1 aromatic rings. The van der Waals surface area contributed by atoms with E-state index in [2.05, 4.69) is 10.3 Å². The Morgan fingerprint density at radius 3 is 2.26 bits per heavy atom. The molecule has 3 heterocycles. The van der Waals surface area contributed by atoms with Crippen molar-refractivity contribution in [3.63, 3.8) is 0 Å². The third-order valence-corrected chi connectivity index (χ3v) is 8.01. The van der Waals surface area contributed by atoms with Crippen molar-refractivity contribution < 1.29 is 43.3 Å². The molecule has 3 rings (SSSR count). The van der Waals surface area contributed by atoms with Gasteiger partial charge in [0.05, 0.1) is 37.6 Å². The third-order valence-electron chi connectivity index (χ3n) is 8.01. The van der Waals surface area contributed by atoms with Crippen LogP contribution in [-0.2, 0) is 28.7 Å². The summed E-state index contributed by atoms with van der Waals surface area (Å²) in [5, 5.41) is 11.9. The minimum Gasteiger partial charge on any atom is -0.491 e. The lowest BCUT2D eigenvalue weighted by Gasteiger charge is -2.35. The molecule has 2 aliphatic rings. The van der Waals surface area contributed by atoms with Gasteiger partial charge in [-0.05, 0) is 91.2 Å². The van der Waals surface area contributed by atoms with Crippen LogP contribution in [0.3, 0.4) is 0 Å². The molecule has 13 nitrogen and oxygen atoms in total. The number of carbonyl (C=O) groups excluding carboxylic acids is 4. The number of aromatic nitrogens is 1. The summed E-state index contributed by atoms with van der Waals surface area (Å²) in [4.78, 5) is 70.5. The van der Waals surface area contributed by atoms with E-state index >= 15 is 0 Å². The molecule has 2 saturated heterocycles. The number of aliphatic carboxylic acids is 1. The van der Waals surface area contributed by atoms with Crippen LogP contribution in [0.5, 0.6) is 5.75 Å². The van der Waals surface area contributed by atoms with Gasteiger partial charge in [0.2, 0.25) is 11.8 Å². The van der Waals surface area contributed by atoms with E-state index in [1.54, 1.807) is 36.6 Å². The van der Waals surface area contributed by atoms with Crippen molar-refractivity contribution >= 4 is 29.8 Å². The van der Waals surface area contributed by atoms with Crippen LogP contribution in [-0.4, -0.2) is 93.7 Å². The Morgan fingerprint density at radius 1 is 0.936 bits per heavy atom. The molecule has 1 aromatic heterocycles. The second-order valence-electron chi connectivity index (χ2n) is 14.4. The first kappa shape index (κ1) is 37.6. The number of carboxylic acid groups (broad SMARTS) is 1. The van der Waals surface area contributed by atoms with Crippen molar-refractivity contribution in [1.82, 2.24) is 20.1 Å². The maximum Gasteiger partial charge on any atom is 0.410 e. The average Bonchev–Trinajstić information content (AvgIpc) is 2.98. The van der Waals surface area contributed by atoms with Crippen LogP contribution in [0.4, 0.5) is 4.79 Å². The number of nitrogens with one attached hydrogen (secondary N) is 1. The van der Waals surface area contributed by atoms with E-state index in [0.717, 1.165) is 19.3 Å². The van der Waals surface area contributed by atoms with Gasteiger partial charge < -0.3 is 34.4 Å². The minimum absolute atomic E-state index is 0.0118. The standard InChI is InChI=1S/C34H52N4O9/c1-33(2,3)46-30(42)19-27(25-18-26(21-35-20-25)45-17-13-29(40)41)36-31(43)24-8-7-14-38(22-24)28(39)10-9-23-11-15-37(16-12-23)32(44)47-34(4,5)6/h18,20-21,23-24,27H,7-17,19,22H2,1-6H3,(H,36,43)(H,40,41)/t24-,27+/m1/s1. The van der Waals surface area contributed by atoms with Gasteiger partial charge in [-0.25, -0.2) is 4.79 Å². The van der Waals surface area contributed by atoms with E-state index in [9.17, 15) is 24.0 Å². The number of pyridine rings is 1. The highest BCUT2D eigenvalue weighted by atomic mass is 16.6. The smallest absolute Gasteiger partial charge is 0.410 e. The molecule has 0 spiro atoms. The molecule has 0 aliphatic carbocycles. The second kappa shape index (κ2) is 16.8. The van der Waals surface area contributed by atoms with Crippen LogP contribution < -0.4 is 10.1 Å². The first-order valence-corrected chi connectivity index (χ1v) is 16.6. The number of nitrogens with zero attached hydrogens (tertiary/aromatic N) is 3. The Balaban J connectivity index is 1.57. The molecule has 2 fully saturated rings. The highest BCUT2D eigenvalue weighted by molar-refractivity contribution is 5.82. The van der Waals surface area contributed by atoms with Gasteiger partial charge in [-0.1, -0.05) is 0 Å². The molecular weight excluding hydrogens is 608 g/mol. The number of piperidine rings is 2. The van der Waals surface area contributed by atoms with E-state index in [0.29, 0.717) is 56.1 Å². The van der Waals surface area contributed by atoms with Crippen LogP contribution in [0.2, 0.25) is 0 Å². The molecule has 2 N–H and O–H groups in total. The summed E-state index contributed by atoms with van der Waals surface area (Å²) < 4.78 is 16.5. The fourth-order valence-corrected chi connectivity index (χ4v) is 5.69. The van der Waals surface area contributed by atoms with E-state index in [1.807, 2.05) is 20.8 Å². The van der Waals surface area contributed by atoms with Gasteiger partial charge in [0.15, 0.2) is 0 Å². The summed E-state index contributed by atoms with van der Waals surface area (Å²) in [6.07, 6.45) is 6.36. The molecule has 0 aromatic carbocycles. The summed E-state index contributed by atoms with van der Waals surface area (Å²) in [5.74, 6) is -1.55. The molecular formula is C34H52N4O9. The number of rotatable bonds is 12. The summed E-state index contributed by atoms with van der Waals surface area (Å²) in [7, 11) is 0.